The molecule has 0 saturated carbocycles. The number of hydrogen-bond acceptors (Lipinski definition) is 3. The standard InChI is InChI=1S/C14H23FN2O/c1-10-5-6-11(15)9-12(10)13(17-16)7-8-14(2,3)18-4/h5-6,9,13,17H,7-8,16H2,1-4H3. The zero-order chi connectivity index (χ0) is 13.8. The van der Waals surface area contributed by atoms with Crippen molar-refractivity contribution < 1.29 is 9.13 Å². The smallest absolute Gasteiger partial charge is 0.123 e. The van der Waals surface area contributed by atoms with Crippen molar-refractivity contribution in [1.29, 1.82) is 0 Å². The van der Waals surface area contributed by atoms with Crippen LogP contribution in [0.3, 0.4) is 0 Å². The van der Waals surface area contributed by atoms with Crippen molar-refractivity contribution in [2.45, 2.75) is 45.3 Å². The van der Waals surface area contributed by atoms with E-state index in [-0.39, 0.29) is 17.5 Å². The molecule has 0 aliphatic carbocycles. The lowest BCUT2D eigenvalue weighted by Gasteiger charge is -2.26. The Labute approximate surface area is 108 Å². The highest BCUT2D eigenvalue weighted by atomic mass is 19.1. The van der Waals surface area contributed by atoms with Crippen molar-refractivity contribution in [1.82, 2.24) is 5.43 Å². The number of nitrogens with one attached hydrogen (secondary N) is 1. The van der Waals surface area contributed by atoms with Crippen LogP contribution in [-0.4, -0.2) is 12.7 Å². The van der Waals surface area contributed by atoms with Crippen molar-refractivity contribution in [2.24, 2.45) is 5.84 Å². The summed E-state index contributed by atoms with van der Waals surface area (Å²) in [5.74, 6) is 5.35. The predicted octanol–water partition coefficient (Wildman–Crippen LogP) is 2.84. The molecule has 1 aromatic carbocycles. The van der Waals surface area contributed by atoms with Crippen LogP contribution in [-0.2, 0) is 4.74 Å². The van der Waals surface area contributed by atoms with Gasteiger partial charge in [-0.1, -0.05) is 6.07 Å². The summed E-state index contributed by atoms with van der Waals surface area (Å²) in [6, 6.07) is 4.72. The van der Waals surface area contributed by atoms with Gasteiger partial charge in [0.15, 0.2) is 0 Å². The zero-order valence-corrected chi connectivity index (χ0v) is 11.6. The lowest BCUT2D eigenvalue weighted by Crippen LogP contribution is -2.31. The van der Waals surface area contributed by atoms with E-state index in [1.54, 1.807) is 19.2 Å². The first kappa shape index (κ1) is 15.1. The number of methoxy groups -OCH3 is 1. The molecule has 1 unspecified atom stereocenters. The Balaban J connectivity index is 2.80. The topological polar surface area (TPSA) is 47.3 Å². The summed E-state index contributed by atoms with van der Waals surface area (Å²) in [6.07, 6.45) is 1.63. The van der Waals surface area contributed by atoms with Crippen LogP contribution in [0.25, 0.3) is 0 Å². The molecule has 1 rings (SSSR count). The SMILES string of the molecule is COC(C)(C)CCC(NN)c1cc(F)ccc1C. The van der Waals surface area contributed by atoms with E-state index < -0.39 is 0 Å². The van der Waals surface area contributed by atoms with Gasteiger partial charge in [0.1, 0.15) is 5.82 Å². The average Bonchev–Trinajstić information content (AvgIpc) is 2.34. The zero-order valence-electron chi connectivity index (χ0n) is 11.6. The second kappa shape index (κ2) is 6.27. The highest BCUT2D eigenvalue weighted by Gasteiger charge is 2.20. The Morgan fingerprint density at radius 3 is 2.67 bits per heavy atom. The van der Waals surface area contributed by atoms with Crippen molar-refractivity contribution in [3.05, 3.63) is 35.1 Å². The van der Waals surface area contributed by atoms with Gasteiger partial charge in [-0.3, -0.25) is 11.3 Å². The Morgan fingerprint density at radius 1 is 1.44 bits per heavy atom. The molecule has 1 aromatic rings. The Kier molecular flexibility index (Phi) is 5.26. The molecule has 0 radical (unpaired) electrons. The van der Waals surface area contributed by atoms with E-state index in [1.807, 2.05) is 20.8 Å². The lowest BCUT2D eigenvalue weighted by atomic mass is 9.93. The van der Waals surface area contributed by atoms with Crippen LogP contribution in [0.2, 0.25) is 0 Å². The summed E-state index contributed by atoms with van der Waals surface area (Å²) in [4.78, 5) is 0. The molecule has 0 fully saturated rings. The number of nitrogens with two attached hydrogens (primary N) is 1. The van der Waals surface area contributed by atoms with Crippen LogP contribution in [0.5, 0.6) is 0 Å². The molecular formula is C14H23FN2O. The largest absolute Gasteiger partial charge is 0.379 e. The van der Waals surface area contributed by atoms with Gasteiger partial charge in [0.2, 0.25) is 0 Å². The van der Waals surface area contributed by atoms with Gasteiger partial charge in [-0.05, 0) is 56.9 Å². The second-order valence-electron chi connectivity index (χ2n) is 5.22. The molecule has 102 valence electrons. The highest BCUT2D eigenvalue weighted by Crippen LogP contribution is 2.26. The third kappa shape index (κ3) is 4.05. The molecule has 0 heterocycles. The first-order valence-electron chi connectivity index (χ1n) is 6.17. The summed E-state index contributed by atoms with van der Waals surface area (Å²) in [7, 11) is 1.69. The fourth-order valence-electron chi connectivity index (χ4n) is 1.91. The van der Waals surface area contributed by atoms with Crippen molar-refractivity contribution in [2.75, 3.05) is 7.11 Å². The molecule has 0 aromatic heterocycles. The minimum atomic E-state index is -0.234. The van der Waals surface area contributed by atoms with Crippen LogP contribution in [0, 0.1) is 12.7 Å². The number of halogens is 1. The second-order valence-corrected chi connectivity index (χ2v) is 5.22. The predicted molar refractivity (Wildman–Crippen MR) is 71.5 cm³/mol. The quantitative estimate of drug-likeness (QED) is 0.606. The van der Waals surface area contributed by atoms with Crippen molar-refractivity contribution in [3.8, 4) is 0 Å². The number of hydrazine groups is 1. The summed E-state index contributed by atoms with van der Waals surface area (Å²) in [6.45, 7) is 6.01. The first-order chi connectivity index (χ1) is 8.39. The van der Waals surface area contributed by atoms with E-state index in [4.69, 9.17) is 10.6 Å². The molecule has 0 amide bonds. The van der Waals surface area contributed by atoms with Crippen molar-refractivity contribution >= 4 is 0 Å². The van der Waals surface area contributed by atoms with E-state index in [2.05, 4.69) is 5.43 Å². The Bertz CT molecular complexity index is 393. The maximum absolute atomic E-state index is 13.3. The molecule has 4 heteroatoms. The van der Waals surface area contributed by atoms with Gasteiger partial charge in [0.05, 0.1) is 5.60 Å². The highest BCUT2D eigenvalue weighted by molar-refractivity contribution is 5.29. The van der Waals surface area contributed by atoms with Crippen molar-refractivity contribution in [3.63, 3.8) is 0 Å². The van der Waals surface area contributed by atoms with Gasteiger partial charge < -0.3 is 4.74 Å². The third-order valence-corrected chi connectivity index (χ3v) is 3.41. The maximum atomic E-state index is 13.3. The number of ether oxygens (including phenoxy) is 1. The molecule has 1 atom stereocenters. The number of rotatable bonds is 6. The van der Waals surface area contributed by atoms with E-state index in [0.29, 0.717) is 0 Å². The van der Waals surface area contributed by atoms with Crippen LogP contribution in [0.15, 0.2) is 18.2 Å². The Morgan fingerprint density at radius 2 is 2.11 bits per heavy atom. The van der Waals surface area contributed by atoms with Gasteiger partial charge in [-0.25, -0.2) is 4.39 Å². The molecular weight excluding hydrogens is 231 g/mol. The van der Waals surface area contributed by atoms with Crippen LogP contribution >= 0.6 is 0 Å². The minimum absolute atomic E-state index is 0.0601. The summed E-state index contributed by atoms with van der Waals surface area (Å²) in [5, 5.41) is 0. The number of aryl methyl sites for hydroxylation is 1. The number of hydrogen-bond donors (Lipinski definition) is 2. The maximum Gasteiger partial charge on any atom is 0.123 e. The molecule has 0 aliphatic rings. The lowest BCUT2D eigenvalue weighted by molar-refractivity contribution is 0.0116. The Hall–Kier alpha value is -0.970. The molecule has 3 nitrogen and oxygen atoms in total. The number of benzene rings is 1. The molecule has 0 aliphatic heterocycles. The van der Waals surface area contributed by atoms with E-state index >= 15 is 0 Å². The molecule has 0 bridgehead atoms. The molecule has 0 spiro atoms. The summed E-state index contributed by atoms with van der Waals surface area (Å²) in [5.41, 5.74) is 4.51. The van der Waals surface area contributed by atoms with E-state index in [1.165, 1.54) is 6.07 Å². The van der Waals surface area contributed by atoms with Crippen LogP contribution < -0.4 is 11.3 Å². The van der Waals surface area contributed by atoms with Gasteiger partial charge in [-0.2, -0.15) is 0 Å². The minimum Gasteiger partial charge on any atom is -0.379 e. The fraction of sp³-hybridized carbons (Fsp3) is 0.571. The fourth-order valence-corrected chi connectivity index (χ4v) is 1.91. The summed E-state index contributed by atoms with van der Waals surface area (Å²) < 4.78 is 18.7. The van der Waals surface area contributed by atoms with Gasteiger partial charge in [0.25, 0.3) is 0 Å². The summed E-state index contributed by atoms with van der Waals surface area (Å²) >= 11 is 0. The normalized spacial score (nSPS) is 13.7. The molecule has 18 heavy (non-hydrogen) atoms. The third-order valence-electron chi connectivity index (χ3n) is 3.41. The van der Waals surface area contributed by atoms with Gasteiger partial charge in [0, 0.05) is 13.2 Å². The van der Waals surface area contributed by atoms with Crippen LogP contribution in [0.1, 0.15) is 43.9 Å². The average molecular weight is 254 g/mol. The van der Waals surface area contributed by atoms with Gasteiger partial charge in [-0.15, -0.1) is 0 Å². The monoisotopic (exact) mass is 254 g/mol. The van der Waals surface area contributed by atoms with Gasteiger partial charge >= 0.3 is 0 Å². The van der Waals surface area contributed by atoms with Crippen LogP contribution in [0.4, 0.5) is 4.39 Å². The molecule has 0 saturated heterocycles. The van der Waals surface area contributed by atoms with E-state index in [9.17, 15) is 4.39 Å². The first-order valence-corrected chi connectivity index (χ1v) is 6.17. The molecule has 3 N–H and O–H groups in total. The van der Waals surface area contributed by atoms with E-state index in [0.717, 1.165) is 24.0 Å².